The zero-order chi connectivity index (χ0) is 20.7. The van der Waals surface area contributed by atoms with Crippen LogP contribution >= 0.6 is 0 Å². The predicted octanol–water partition coefficient (Wildman–Crippen LogP) is 2.55. The molecule has 2 fully saturated rings. The first kappa shape index (κ1) is 21.8. The Morgan fingerprint density at radius 1 is 1.03 bits per heavy atom. The van der Waals surface area contributed by atoms with Gasteiger partial charge in [0.2, 0.25) is 5.91 Å². The lowest BCUT2D eigenvalue weighted by molar-refractivity contribution is -0.165. The SMILES string of the molecule is O=C(CCCN1CCCCCC1)N1CC[C@H](O)[C@@](Cc2ccccc2)(C(=O)O)C1. The van der Waals surface area contributed by atoms with E-state index in [4.69, 9.17) is 0 Å². The quantitative estimate of drug-likeness (QED) is 0.733. The molecule has 160 valence electrons. The number of amides is 1. The Morgan fingerprint density at radius 3 is 2.38 bits per heavy atom. The third-order valence-electron chi connectivity index (χ3n) is 6.49. The Labute approximate surface area is 173 Å². The van der Waals surface area contributed by atoms with Crippen molar-refractivity contribution in [3.05, 3.63) is 35.9 Å². The summed E-state index contributed by atoms with van der Waals surface area (Å²) in [6.45, 7) is 3.65. The van der Waals surface area contributed by atoms with E-state index in [-0.39, 0.29) is 18.9 Å². The molecule has 0 saturated carbocycles. The fraction of sp³-hybridized carbons (Fsp3) is 0.652. The minimum absolute atomic E-state index is 0.00501. The van der Waals surface area contributed by atoms with E-state index in [0.717, 1.165) is 31.6 Å². The minimum Gasteiger partial charge on any atom is -0.481 e. The monoisotopic (exact) mass is 402 g/mol. The number of hydrogen-bond donors (Lipinski definition) is 2. The number of aliphatic carboxylic acids is 1. The fourth-order valence-corrected chi connectivity index (χ4v) is 4.68. The number of carboxylic acids is 1. The van der Waals surface area contributed by atoms with Crippen LogP contribution in [-0.4, -0.2) is 70.7 Å². The number of carbonyl (C=O) groups is 2. The van der Waals surface area contributed by atoms with Crippen molar-refractivity contribution in [2.24, 2.45) is 5.41 Å². The summed E-state index contributed by atoms with van der Waals surface area (Å²) in [5.74, 6) is -1.03. The number of hydrogen-bond acceptors (Lipinski definition) is 4. The molecule has 2 heterocycles. The first-order chi connectivity index (χ1) is 14.0. The second kappa shape index (κ2) is 10.2. The van der Waals surface area contributed by atoms with Crippen molar-refractivity contribution < 1.29 is 19.8 Å². The first-order valence-corrected chi connectivity index (χ1v) is 11.0. The van der Waals surface area contributed by atoms with Crippen molar-refractivity contribution in [2.75, 3.05) is 32.7 Å². The lowest BCUT2D eigenvalue weighted by atomic mass is 9.72. The average molecular weight is 403 g/mol. The number of piperidine rings is 1. The Kier molecular flexibility index (Phi) is 7.67. The smallest absolute Gasteiger partial charge is 0.314 e. The largest absolute Gasteiger partial charge is 0.481 e. The second-order valence-electron chi connectivity index (χ2n) is 8.60. The Bertz CT molecular complexity index is 673. The average Bonchev–Trinajstić information content (AvgIpc) is 2.99. The summed E-state index contributed by atoms with van der Waals surface area (Å²) in [4.78, 5) is 29.1. The highest BCUT2D eigenvalue weighted by Gasteiger charge is 2.50. The maximum Gasteiger partial charge on any atom is 0.314 e. The number of nitrogens with zero attached hydrogens (tertiary/aromatic N) is 2. The van der Waals surface area contributed by atoms with Crippen LogP contribution in [0.1, 0.15) is 50.5 Å². The van der Waals surface area contributed by atoms with Gasteiger partial charge in [-0.2, -0.15) is 0 Å². The Hall–Kier alpha value is -1.92. The fourth-order valence-electron chi connectivity index (χ4n) is 4.68. The molecule has 1 amide bonds. The summed E-state index contributed by atoms with van der Waals surface area (Å²) in [6.07, 6.45) is 5.87. The van der Waals surface area contributed by atoms with Crippen LogP contribution in [0.15, 0.2) is 30.3 Å². The summed E-state index contributed by atoms with van der Waals surface area (Å²) < 4.78 is 0. The summed E-state index contributed by atoms with van der Waals surface area (Å²) in [6, 6.07) is 9.37. The van der Waals surface area contributed by atoms with Gasteiger partial charge in [-0.15, -0.1) is 0 Å². The molecule has 0 radical (unpaired) electrons. The summed E-state index contributed by atoms with van der Waals surface area (Å²) in [5, 5.41) is 20.6. The normalized spacial score (nSPS) is 26.1. The van der Waals surface area contributed by atoms with Gasteiger partial charge in [0.1, 0.15) is 5.41 Å². The Balaban J connectivity index is 1.59. The lowest BCUT2D eigenvalue weighted by Crippen LogP contribution is -2.58. The molecular formula is C23H34N2O4. The molecule has 0 bridgehead atoms. The topological polar surface area (TPSA) is 81.1 Å². The number of benzene rings is 1. The van der Waals surface area contributed by atoms with E-state index in [2.05, 4.69) is 4.90 Å². The van der Waals surface area contributed by atoms with Gasteiger partial charge in [-0.1, -0.05) is 43.2 Å². The lowest BCUT2D eigenvalue weighted by Gasteiger charge is -2.43. The standard InChI is InChI=1S/C23H34N2O4/c26-20-12-16-25(21(27)11-8-15-24-13-6-1-2-7-14-24)18-23(20,22(28)29)17-19-9-4-3-5-10-19/h3-5,9-10,20,26H,1-2,6-8,11-18H2,(H,28,29)/t20-,23-/m0/s1. The van der Waals surface area contributed by atoms with Crippen LogP contribution in [-0.2, 0) is 16.0 Å². The van der Waals surface area contributed by atoms with Crippen LogP contribution in [0.25, 0.3) is 0 Å². The number of likely N-dealkylation sites (tertiary alicyclic amines) is 2. The highest BCUT2D eigenvalue weighted by atomic mass is 16.4. The van der Waals surface area contributed by atoms with E-state index in [1.165, 1.54) is 25.7 Å². The molecule has 2 aliphatic heterocycles. The van der Waals surface area contributed by atoms with Gasteiger partial charge in [-0.25, -0.2) is 0 Å². The van der Waals surface area contributed by atoms with E-state index >= 15 is 0 Å². The van der Waals surface area contributed by atoms with Crippen LogP contribution in [0.3, 0.4) is 0 Å². The summed E-state index contributed by atoms with van der Waals surface area (Å²) >= 11 is 0. The van der Waals surface area contributed by atoms with Gasteiger partial charge >= 0.3 is 5.97 Å². The molecule has 3 rings (SSSR count). The molecular weight excluding hydrogens is 368 g/mol. The van der Waals surface area contributed by atoms with E-state index in [0.29, 0.717) is 19.4 Å². The summed E-state index contributed by atoms with van der Waals surface area (Å²) in [7, 11) is 0. The number of aliphatic hydroxyl groups excluding tert-OH is 1. The molecule has 0 spiro atoms. The highest BCUT2D eigenvalue weighted by Crippen LogP contribution is 2.35. The molecule has 29 heavy (non-hydrogen) atoms. The minimum atomic E-state index is -1.35. The van der Waals surface area contributed by atoms with Crippen LogP contribution in [0.2, 0.25) is 0 Å². The molecule has 0 aliphatic carbocycles. The van der Waals surface area contributed by atoms with Crippen LogP contribution in [0, 0.1) is 5.41 Å². The van der Waals surface area contributed by atoms with Gasteiger partial charge < -0.3 is 20.0 Å². The van der Waals surface area contributed by atoms with Crippen LogP contribution in [0.4, 0.5) is 0 Å². The van der Waals surface area contributed by atoms with Crippen LogP contribution in [0.5, 0.6) is 0 Å². The summed E-state index contributed by atoms with van der Waals surface area (Å²) in [5.41, 5.74) is -0.482. The van der Waals surface area contributed by atoms with Gasteiger partial charge in [-0.05, 0) is 57.3 Å². The first-order valence-electron chi connectivity index (χ1n) is 11.0. The second-order valence-corrected chi connectivity index (χ2v) is 8.60. The molecule has 0 unspecified atom stereocenters. The molecule has 1 aromatic rings. The molecule has 6 nitrogen and oxygen atoms in total. The van der Waals surface area contributed by atoms with Gasteiger partial charge in [0.05, 0.1) is 6.10 Å². The number of carboxylic acid groups (broad SMARTS) is 1. The van der Waals surface area contributed by atoms with Gasteiger partial charge in [0.25, 0.3) is 0 Å². The van der Waals surface area contributed by atoms with E-state index in [9.17, 15) is 19.8 Å². The molecule has 2 aliphatic rings. The third-order valence-corrected chi connectivity index (χ3v) is 6.49. The molecule has 2 saturated heterocycles. The van der Waals surface area contributed by atoms with Crippen molar-refractivity contribution >= 4 is 11.9 Å². The molecule has 2 atom stereocenters. The molecule has 6 heteroatoms. The van der Waals surface area contributed by atoms with Gasteiger partial charge in [0, 0.05) is 19.5 Å². The van der Waals surface area contributed by atoms with E-state index in [1.54, 1.807) is 4.90 Å². The van der Waals surface area contributed by atoms with Crippen LogP contribution < -0.4 is 0 Å². The van der Waals surface area contributed by atoms with Crippen molar-refractivity contribution in [3.8, 4) is 0 Å². The number of aliphatic hydroxyl groups is 1. The molecule has 0 aromatic heterocycles. The van der Waals surface area contributed by atoms with E-state index < -0.39 is 17.5 Å². The molecule has 2 N–H and O–H groups in total. The zero-order valence-corrected chi connectivity index (χ0v) is 17.3. The van der Waals surface area contributed by atoms with E-state index in [1.807, 2.05) is 30.3 Å². The van der Waals surface area contributed by atoms with Gasteiger partial charge in [0.15, 0.2) is 0 Å². The number of carbonyl (C=O) groups excluding carboxylic acids is 1. The maximum atomic E-state index is 12.8. The highest BCUT2D eigenvalue weighted by molar-refractivity contribution is 5.80. The van der Waals surface area contributed by atoms with Crippen molar-refractivity contribution in [2.45, 2.75) is 57.5 Å². The maximum absolute atomic E-state index is 12.8. The Morgan fingerprint density at radius 2 is 1.72 bits per heavy atom. The predicted molar refractivity (Wildman–Crippen MR) is 112 cm³/mol. The third kappa shape index (κ3) is 5.58. The molecule has 1 aromatic carbocycles. The zero-order valence-electron chi connectivity index (χ0n) is 17.3. The van der Waals surface area contributed by atoms with Crippen molar-refractivity contribution in [3.63, 3.8) is 0 Å². The van der Waals surface area contributed by atoms with Gasteiger partial charge in [-0.3, -0.25) is 9.59 Å². The van der Waals surface area contributed by atoms with Crippen molar-refractivity contribution in [1.82, 2.24) is 9.80 Å². The van der Waals surface area contributed by atoms with Crippen molar-refractivity contribution in [1.29, 1.82) is 0 Å². The number of rotatable bonds is 7.